The van der Waals surface area contributed by atoms with Crippen molar-refractivity contribution in [2.75, 3.05) is 6.54 Å². The van der Waals surface area contributed by atoms with Gasteiger partial charge in [-0.05, 0) is 17.7 Å². The Morgan fingerprint density at radius 2 is 1.86 bits per heavy atom. The maximum Gasteiger partial charge on any atom is 0.222 e. The lowest BCUT2D eigenvalue weighted by Crippen LogP contribution is -2.37. The molecule has 1 aromatic rings. The van der Waals surface area contributed by atoms with Crippen molar-refractivity contribution in [2.24, 2.45) is 5.73 Å². The minimum Gasteiger partial charge on any atom is -0.388 e. The number of aliphatic hydroxyl groups is 2. The number of aliphatic hydroxyl groups excluding tert-OH is 2. The number of benzene rings is 1. The summed E-state index contributed by atoms with van der Waals surface area (Å²) in [5.41, 5.74) is 6.16. The first-order valence-electron chi connectivity index (χ1n) is 6.74. The first-order chi connectivity index (χ1) is 10.0. The van der Waals surface area contributed by atoms with Crippen LogP contribution in [0.15, 0.2) is 24.3 Å². The molecule has 1 saturated heterocycles. The summed E-state index contributed by atoms with van der Waals surface area (Å²) in [5.74, 6) is -0.664. The minimum absolute atomic E-state index is 0.0735. The number of amides is 1. The molecule has 0 aliphatic carbocycles. The molecule has 0 saturated carbocycles. The van der Waals surface area contributed by atoms with Gasteiger partial charge in [-0.15, -0.1) is 0 Å². The molecule has 4 atom stereocenters. The molecule has 1 aromatic carbocycles. The Bertz CT molecular complexity index is 482. The van der Waals surface area contributed by atoms with Gasteiger partial charge in [0.2, 0.25) is 5.91 Å². The normalized spacial score (nSPS) is 28.6. The number of hydrogen-bond donors (Lipinski definition) is 4. The van der Waals surface area contributed by atoms with E-state index in [0.29, 0.717) is 0 Å². The van der Waals surface area contributed by atoms with Gasteiger partial charge >= 0.3 is 0 Å². The summed E-state index contributed by atoms with van der Waals surface area (Å²) >= 11 is 0. The van der Waals surface area contributed by atoms with Crippen LogP contribution in [0.5, 0.6) is 0 Å². The second-order valence-corrected chi connectivity index (χ2v) is 5.04. The zero-order chi connectivity index (χ0) is 15.4. The number of hydrogen-bond acceptors (Lipinski definition) is 5. The van der Waals surface area contributed by atoms with Crippen LogP contribution >= 0.6 is 0 Å². The lowest BCUT2D eigenvalue weighted by molar-refractivity contribution is -0.125. The van der Waals surface area contributed by atoms with Crippen LogP contribution in [-0.2, 0) is 16.1 Å². The summed E-state index contributed by atoms with van der Waals surface area (Å²) in [6.07, 6.45) is -3.72. The highest BCUT2D eigenvalue weighted by Gasteiger charge is 2.42. The quantitative estimate of drug-likeness (QED) is 0.574. The van der Waals surface area contributed by atoms with Crippen LogP contribution in [0.3, 0.4) is 0 Å². The number of halogens is 1. The molecule has 0 radical (unpaired) electrons. The molecule has 0 bridgehead atoms. The summed E-state index contributed by atoms with van der Waals surface area (Å²) in [4.78, 5) is 11.8. The monoisotopic (exact) mass is 298 g/mol. The molecule has 1 aliphatic heterocycles. The average molecular weight is 298 g/mol. The third-order valence-corrected chi connectivity index (χ3v) is 3.48. The molecule has 6 nitrogen and oxygen atoms in total. The largest absolute Gasteiger partial charge is 0.388 e. The van der Waals surface area contributed by atoms with E-state index in [9.17, 15) is 19.4 Å². The Morgan fingerprint density at radius 3 is 2.43 bits per heavy atom. The Hall–Kier alpha value is -1.54. The van der Waals surface area contributed by atoms with Crippen LogP contribution in [0.25, 0.3) is 0 Å². The van der Waals surface area contributed by atoms with Gasteiger partial charge in [-0.2, -0.15) is 0 Å². The Morgan fingerprint density at radius 1 is 1.24 bits per heavy atom. The first kappa shape index (κ1) is 15.8. The van der Waals surface area contributed by atoms with Crippen molar-refractivity contribution < 1.29 is 24.1 Å². The van der Waals surface area contributed by atoms with Crippen molar-refractivity contribution in [1.29, 1.82) is 0 Å². The van der Waals surface area contributed by atoms with E-state index >= 15 is 0 Å². The number of carbonyl (C=O) groups is 1. The molecule has 0 aromatic heterocycles. The number of carbonyl (C=O) groups excluding carboxylic acids is 1. The summed E-state index contributed by atoms with van der Waals surface area (Å²) in [5, 5.41) is 22.1. The molecule has 0 unspecified atom stereocenters. The molecular formula is C14H19FN2O4. The fraction of sp³-hybridized carbons (Fsp3) is 0.500. The van der Waals surface area contributed by atoms with Crippen LogP contribution in [-0.4, -0.2) is 47.1 Å². The number of ether oxygens (including phenoxy) is 1. The van der Waals surface area contributed by atoms with Gasteiger partial charge in [0.05, 0.1) is 18.6 Å². The molecule has 1 heterocycles. The molecule has 7 heteroatoms. The first-order valence-corrected chi connectivity index (χ1v) is 6.74. The Balaban J connectivity index is 1.81. The lowest BCUT2D eigenvalue weighted by Gasteiger charge is -2.14. The van der Waals surface area contributed by atoms with Crippen LogP contribution in [0.1, 0.15) is 12.0 Å². The highest BCUT2D eigenvalue weighted by atomic mass is 19.1. The van der Waals surface area contributed by atoms with E-state index < -0.39 is 24.4 Å². The summed E-state index contributed by atoms with van der Waals surface area (Å²) < 4.78 is 18.1. The van der Waals surface area contributed by atoms with Crippen LogP contribution < -0.4 is 11.1 Å². The summed E-state index contributed by atoms with van der Waals surface area (Å²) in [6.45, 7) is 0.330. The van der Waals surface area contributed by atoms with E-state index in [1.54, 1.807) is 12.1 Å². The fourth-order valence-electron chi connectivity index (χ4n) is 2.25. The second-order valence-electron chi connectivity index (χ2n) is 5.04. The molecule has 1 aliphatic rings. The minimum atomic E-state index is -1.13. The van der Waals surface area contributed by atoms with Crippen molar-refractivity contribution in [3.8, 4) is 0 Å². The number of rotatable bonds is 5. The Labute approximate surface area is 121 Å². The molecule has 2 rings (SSSR count). The van der Waals surface area contributed by atoms with Crippen LogP contribution in [0.4, 0.5) is 4.39 Å². The third kappa shape index (κ3) is 3.98. The van der Waals surface area contributed by atoms with Gasteiger partial charge < -0.3 is 26.0 Å². The smallest absolute Gasteiger partial charge is 0.222 e. The van der Waals surface area contributed by atoms with Crippen molar-refractivity contribution >= 4 is 5.91 Å². The predicted molar refractivity (Wildman–Crippen MR) is 72.6 cm³/mol. The van der Waals surface area contributed by atoms with Gasteiger partial charge in [0, 0.05) is 13.1 Å². The topological polar surface area (TPSA) is 105 Å². The van der Waals surface area contributed by atoms with Gasteiger partial charge in [0.25, 0.3) is 0 Å². The van der Waals surface area contributed by atoms with Crippen molar-refractivity contribution in [1.82, 2.24) is 5.32 Å². The van der Waals surface area contributed by atoms with Crippen molar-refractivity contribution in [3.05, 3.63) is 35.6 Å². The van der Waals surface area contributed by atoms with Crippen LogP contribution in [0, 0.1) is 5.82 Å². The van der Waals surface area contributed by atoms with Gasteiger partial charge in [-0.1, -0.05) is 12.1 Å². The second kappa shape index (κ2) is 6.95. The highest BCUT2D eigenvalue weighted by molar-refractivity contribution is 5.76. The third-order valence-electron chi connectivity index (χ3n) is 3.48. The maximum atomic E-state index is 12.7. The zero-order valence-corrected chi connectivity index (χ0v) is 11.4. The predicted octanol–water partition coefficient (Wildman–Crippen LogP) is -0.720. The standard InChI is InChI=1S/C14H19FN2O4/c15-9-3-1-8(2-4-9)7-17-12(18)5-10-13(19)14(20)11(6-16)21-10/h1-4,10-11,13-14,19-20H,5-7,16H2,(H,17,18)/t10-,11+,13-,14+/m1/s1. The molecule has 1 amide bonds. The summed E-state index contributed by atoms with van der Waals surface area (Å²) in [6, 6.07) is 5.77. The van der Waals surface area contributed by atoms with E-state index in [-0.39, 0.29) is 31.2 Å². The van der Waals surface area contributed by atoms with E-state index in [0.717, 1.165) is 5.56 Å². The lowest BCUT2D eigenvalue weighted by atomic mass is 10.1. The molecular weight excluding hydrogens is 279 g/mol. The molecule has 21 heavy (non-hydrogen) atoms. The number of nitrogens with two attached hydrogens (primary N) is 1. The van der Waals surface area contributed by atoms with E-state index in [4.69, 9.17) is 10.5 Å². The molecule has 116 valence electrons. The molecule has 5 N–H and O–H groups in total. The van der Waals surface area contributed by atoms with E-state index in [1.807, 2.05) is 0 Å². The maximum absolute atomic E-state index is 12.7. The van der Waals surface area contributed by atoms with Crippen LogP contribution in [0.2, 0.25) is 0 Å². The average Bonchev–Trinajstić information content (AvgIpc) is 2.74. The number of nitrogens with one attached hydrogen (secondary N) is 1. The van der Waals surface area contributed by atoms with Gasteiger partial charge in [0.15, 0.2) is 0 Å². The van der Waals surface area contributed by atoms with Gasteiger partial charge in [0.1, 0.15) is 18.0 Å². The van der Waals surface area contributed by atoms with E-state index in [1.165, 1.54) is 12.1 Å². The van der Waals surface area contributed by atoms with Crippen molar-refractivity contribution in [3.63, 3.8) is 0 Å². The summed E-state index contributed by atoms with van der Waals surface area (Å²) in [7, 11) is 0. The van der Waals surface area contributed by atoms with Crippen molar-refractivity contribution in [2.45, 2.75) is 37.4 Å². The molecule has 1 fully saturated rings. The van der Waals surface area contributed by atoms with Gasteiger partial charge in [-0.25, -0.2) is 4.39 Å². The van der Waals surface area contributed by atoms with E-state index in [2.05, 4.69) is 5.32 Å². The zero-order valence-electron chi connectivity index (χ0n) is 11.4. The fourth-order valence-corrected chi connectivity index (χ4v) is 2.25. The molecule has 0 spiro atoms. The Kier molecular flexibility index (Phi) is 5.24. The van der Waals surface area contributed by atoms with Gasteiger partial charge in [-0.3, -0.25) is 4.79 Å². The highest BCUT2D eigenvalue weighted by Crippen LogP contribution is 2.22. The SMILES string of the molecule is NC[C@@H]1O[C@H](CC(=O)NCc2ccc(F)cc2)[C@@H](O)[C@H]1O.